The number of allylic oxidation sites excluding steroid dienone is 2. The third-order valence-electron chi connectivity index (χ3n) is 2.82. The van der Waals surface area contributed by atoms with Gasteiger partial charge in [0.2, 0.25) is 0 Å². The quantitative estimate of drug-likeness (QED) is 0.667. The van der Waals surface area contributed by atoms with Crippen molar-refractivity contribution in [3.05, 3.63) is 54.3 Å². The molecule has 1 atom stereocenters. The standard InChI is InChI=1S/C13H14O.C2H6/c1-9-8-13(10(2)14-3)12-7-5-4-6-11(9)12;1-2/h4-7,13H,1-2,8H2,3H3;1-2H3. The predicted molar refractivity (Wildman–Crippen MR) is 70.3 cm³/mol. The van der Waals surface area contributed by atoms with Crippen molar-refractivity contribution >= 4 is 5.57 Å². The Morgan fingerprint density at radius 1 is 1.31 bits per heavy atom. The zero-order valence-electron chi connectivity index (χ0n) is 10.4. The van der Waals surface area contributed by atoms with Gasteiger partial charge in [0.15, 0.2) is 0 Å². The molecule has 1 aromatic rings. The molecule has 0 bridgehead atoms. The Labute approximate surface area is 98.5 Å². The second-order valence-corrected chi connectivity index (χ2v) is 3.62. The Kier molecular flexibility index (Phi) is 4.36. The minimum Gasteiger partial charge on any atom is -0.501 e. The van der Waals surface area contributed by atoms with E-state index in [-0.39, 0.29) is 0 Å². The van der Waals surface area contributed by atoms with Gasteiger partial charge in [-0.25, -0.2) is 0 Å². The van der Waals surface area contributed by atoms with E-state index in [1.165, 1.54) is 16.7 Å². The third-order valence-corrected chi connectivity index (χ3v) is 2.82. The largest absolute Gasteiger partial charge is 0.501 e. The molecule has 1 aliphatic carbocycles. The van der Waals surface area contributed by atoms with Gasteiger partial charge in [0.05, 0.1) is 12.9 Å². The van der Waals surface area contributed by atoms with Gasteiger partial charge in [-0.3, -0.25) is 0 Å². The third kappa shape index (κ3) is 2.19. The van der Waals surface area contributed by atoms with Gasteiger partial charge in [0, 0.05) is 5.92 Å². The van der Waals surface area contributed by atoms with Crippen LogP contribution in [0.5, 0.6) is 0 Å². The maximum atomic E-state index is 5.20. The molecule has 0 N–H and O–H groups in total. The summed E-state index contributed by atoms with van der Waals surface area (Å²) < 4.78 is 5.20. The van der Waals surface area contributed by atoms with Crippen LogP contribution in [0.1, 0.15) is 37.3 Å². The van der Waals surface area contributed by atoms with E-state index in [0.717, 1.165) is 12.2 Å². The van der Waals surface area contributed by atoms with Crippen molar-refractivity contribution in [3.63, 3.8) is 0 Å². The van der Waals surface area contributed by atoms with Gasteiger partial charge in [0.25, 0.3) is 0 Å². The summed E-state index contributed by atoms with van der Waals surface area (Å²) in [5, 5.41) is 0. The van der Waals surface area contributed by atoms with Crippen LogP contribution in [0.25, 0.3) is 5.57 Å². The van der Waals surface area contributed by atoms with Crippen LogP contribution in [0, 0.1) is 0 Å². The first kappa shape index (κ1) is 12.6. The van der Waals surface area contributed by atoms with Gasteiger partial charge in [-0.15, -0.1) is 0 Å². The second-order valence-electron chi connectivity index (χ2n) is 3.62. The number of methoxy groups -OCH3 is 1. The lowest BCUT2D eigenvalue weighted by Gasteiger charge is -2.12. The molecule has 86 valence electrons. The lowest BCUT2D eigenvalue weighted by atomic mass is 10.00. The Bertz CT molecular complexity index is 390. The molecular weight excluding hydrogens is 196 g/mol. The zero-order chi connectivity index (χ0) is 12.1. The first-order valence-corrected chi connectivity index (χ1v) is 5.74. The van der Waals surface area contributed by atoms with E-state index in [4.69, 9.17) is 4.74 Å². The SMILES string of the molecule is C=C1CC(C(=C)OC)c2ccccc21.CC. The summed E-state index contributed by atoms with van der Waals surface area (Å²) in [5.74, 6) is 1.12. The maximum Gasteiger partial charge on any atom is 0.0962 e. The van der Waals surface area contributed by atoms with E-state index < -0.39 is 0 Å². The predicted octanol–water partition coefficient (Wildman–Crippen LogP) is 4.37. The van der Waals surface area contributed by atoms with Gasteiger partial charge in [-0.05, 0) is 23.1 Å². The molecular formula is C15H20O. The summed E-state index contributed by atoms with van der Waals surface area (Å²) in [4.78, 5) is 0. The molecule has 0 fully saturated rings. The van der Waals surface area contributed by atoms with Crippen LogP contribution in [0.2, 0.25) is 0 Å². The Morgan fingerprint density at radius 3 is 2.56 bits per heavy atom. The minimum absolute atomic E-state index is 0.295. The molecule has 0 aromatic heterocycles. The van der Waals surface area contributed by atoms with Crippen LogP contribution in [0.3, 0.4) is 0 Å². The van der Waals surface area contributed by atoms with E-state index in [1.807, 2.05) is 26.0 Å². The molecule has 2 rings (SSSR count). The average molecular weight is 216 g/mol. The Morgan fingerprint density at radius 2 is 1.94 bits per heavy atom. The fourth-order valence-electron chi connectivity index (χ4n) is 2.02. The van der Waals surface area contributed by atoms with Crippen LogP contribution in [0.4, 0.5) is 0 Å². The number of fused-ring (bicyclic) bond motifs is 1. The molecule has 0 spiro atoms. The Hall–Kier alpha value is -1.50. The molecule has 0 saturated carbocycles. The van der Waals surface area contributed by atoms with E-state index in [1.54, 1.807) is 7.11 Å². The van der Waals surface area contributed by atoms with Crippen molar-refractivity contribution in [1.82, 2.24) is 0 Å². The highest BCUT2D eigenvalue weighted by Gasteiger charge is 2.27. The molecule has 0 saturated heterocycles. The van der Waals surface area contributed by atoms with Crippen molar-refractivity contribution in [1.29, 1.82) is 0 Å². The van der Waals surface area contributed by atoms with E-state index in [2.05, 4.69) is 25.3 Å². The smallest absolute Gasteiger partial charge is 0.0962 e. The lowest BCUT2D eigenvalue weighted by Crippen LogP contribution is -1.98. The lowest BCUT2D eigenvalue weighted by molar-refractivity contribution is 0.268. The fourth-order valence-corrected chi connectivity index (χ4v) is 2.02. The molecule has 0 heterocycles. The molecule has 1 heteroatoms. The first-order chi connectivity index (χ1) is 7.74. The maximum absolute atomic E-state index is 5.20. The topological polar surface area (TPSA) is 9.23 Å². The van der Waals surface area contributed by atoms with E-state index >= 15 is 0 Å². The van der Waals surface area contributed by atoms with E-state index in [0.29, 0.717) is 5.92 Å². The van der Waals surface area contributed by atoms with Crippen molar-refractivity contribution in [3.8, 4) is 0 Å². The van der Waals surface area contributed by atoms with E-state index in [9.17, 15) is 0 Å². The molecule has 1 aromatic carbocycles. The molecule has 0 radical (unpaired) electrons. The van der Waals surface area contributed by atoms with Crippen LogP contribution < -0.4 is 0 Å². The van der Waals surface area contributed by atoms with Crippen molar-refractivity contribution in [2.24, 2.45) is 0 Å². The summed E-state index contributed by atoms with van der Waals surface area (Å²) >= 11 is 0. The normalized spacial score (nSPS) is 17.2. The van der Waals surface area contributed by atoms with Crippen molar-refractivity contribution in [2.75, 3.05) is 7.11 Å². The van der Waals surface area contributed by atoms with Crippen LogP contribution in [-0.4, -0.2) is 7.11 Å². The summed E-state index contributed by atoms with van der Waals surface area (Å²) in [7, 11) is 1.67. The minimum atomic E-state index is 0.295. The molecule has 0 aliphatic heterocycles. The van der Waals surface area contributed by atoms with Crippen LogP contribution in [0.15, 0.2) is 43.2 Å². The number of benzene rings is 1. The highest BCUT2D eigenvalue weighted by Crippen LogP contribution is 2.43. The summed E-state index contributed by atoms with van der Waals surface area (Å²) in [6.45, 7) is 12.0. The molecule has 1 unspecified atom stereocenters. The molecule has 1 nitrogen and oxygen atoms in total. The number of hydrogen-bond donors (Lipinski definition) is 0. The number of hydrogen-bond acceptors (Lipinski definition) is 1. The van der Waals surface area contributed by atoms with Gasteiger partial charge in [-0.1, -0.05) is 51.3 Å². The first-order valence-electron chi connectivity index (χ1n) is 5.74. The van der Waals surface area contributed by atoms with Crippen molar-refractivity contribution < 1.29 is 4.74 Å². The molecule has 16 heavy (non-hydrogen) atoms. The van der Waals surface area contributed by atoms with Gasteiger partial charge in [0.1, 0.15) is 0 Å². The van der Waals surface area contributed by atoms with Crippen LogP contribution in [-0.2, 0) is 4.74 Å². The van der Waals surface area contributed by atoms with Crippen molar-refractivity contribution in [2.45, 2.75) is 26.2 Å². The summed E-state index contributed by atoms with van der Waals surface area (Å²) in [5.41, 5.74) is 3.74. The Balaban J connectivity index is 0.000000606. The molecule has 1 aliphatic rings. The van der Waals surface area contributed by atoms with Gasteiger partial charge >= 0.3 is 0 Å². The summed E-state index contributed by atoms with van der Waals surface area (Å²) in [6, 6.07) is 8.33. The summed E-state index contributed by atoms with van der Waals surface area (Å²) in [6.07, 6.45) is 0.937. The highest BCUT2D eigenvalue weighted by atomic mass is 16.5. The van der Waals surface area contributed by atoms with Crippen LogP contribution >= 0.6 is 0 Å². The average Bonchev–Trinajstić information content (AvgIpc) is 2.69. The molecule has 0 amide bonds. The van der Waals surface area contributed by atoms with Gasteiger partial charge in [-0.2, -0.15) is 0 Å². The highest BCUT2D eigenvalue weighted by molar-refractivity contribution is 5.73. The number of ether oxygens (including phenoxy) is 1. The second kappa shape index (κ2) is 5.55. The number of rotatable bonds is 2. The zero-order valence-corrected chi connectivity index (χ0v) is 10.4. The van der Waals surface area contributed by atoms with Gasteiger partial charge < -0.3 is 4.74 Å². The monoisotopic (exact) mass is 216 g/mol. The fraction of sp³-hybridized carbons (Fsp3) is 0.333.